The van der Waals surface area contributed by atoms with Crippen LogP contribution in [0.5, 0.6) is 0 Å². The van der Waals surface area contributed by atoms with Crippen molar-refractivity contribution in [2.75, 3.05) is 6.54 Å². The van der Waals surface area contributed by atoms with Crippen molar-refractivity contribution in [1.29, 1.82) is 0 Å². The SMILES string of the molecule is CC(C)(C(=O)N1CCCCCC1C(=O)O)c1ccccc1. The van der Waals surface area contributed by atoms with E-state index in [2.05, 4.69) is 0 Å². The van der Waals surface area contributed by atoms with Gasteiger partial charge >= 0.3 is 5.97 Å². The maximum atomic E-state index is 13.0. The van der Waals surface area contributed by atoms with E-state index in [1.807, 2.05) is 44.2 Å². The minimum Gasteiger partial charge on any atom is -0.480 e. The quantitative estimate of drug-likeness (QED) is 0.931. The molecule has 0 spiro atoms. The van der Waals surface area contributed by atoms with Crippen molar-refractivity contribution in [2.24, 2.45) is 0 Å². The number of carboxylic acid groups (broad SMARTS) is 1. The van der Waals surface area contributed by atoms with Gasteiger partial charge in [0.1, 0.15) is 6.04 Å². The Morgan fingerprint density at radius 1 is 1.14 bits per heavy atom. The first kappa shape index (κ1) is 15.5. The number of rotatable bonds is 3. The first-order valence-electron chi connectivity index (χ1n) is 7.54. The third kappa shape index (κ3) is 3.26. The second kappa shape index (κ2) is 6.29. The molecule has 1 aliphatic rings. The number of amides is 1. The van der Waals surface area contributed by atoms with Gasteiger partial charge in [-0.3, -0.25) is 4.79 Å². The maximum Gasteiger partial charge on any atom is 0.326 e. The highest BCUT2D eigenvalue weighted by Gasteiger charge is 2.39. The molecule has 2 rings (SSSR count). The fourth-order valence-electron chi connectivity index (χ4n) is 2.95. The normalized spacial score (nSPS) is 19.9. The smallest absolute Gasteiger partial charge is 0.326 e. The Bertz CT molecular complexity index is 510. The van der Waals surface area contributed by atoms with E-state index in [1.165, 1.54) is 0 Å². The summed E-state index contributed by atoms with van der Waals surface area (Å²) in [5, 5.41) is 9.42. The topological polar surface area (TPSA) is 57.6 Å². The highest BCUT2D eigenvalue weighted by molar-refractivity contribution is 5.91. The van der Waals surface area contributed by atoms with E-state index >= 15 is 0 Å². The molecule has 1 atom stereocenters. The summed E-state index contributed by atoms with van der Waals surface area (Å²) in [6.45, 7) is 4.27. The molecular formula is C17H23NO3. The fourth-order valence-corrected chi connectivity index (χ4v) is 2.95. The van der Waals surface area contributed by atoms with E-state index in [4.69, 9.17) is 0 Å². The summed E-state index contributed by atoms with van der Waals surface area (Å²) in [6.07, 6.45) is 3.28. The Morgan fingerprint density at radius 3 is 2.43 bits per heavy atom. The molecule has 0 bridgehead atoms. The molecule has 0 radical (unpaired) electrons. The van der Waals surface area contributed by atoms with Gasteiger partial charge in [0.15, 0.2) is 0 Å². The Labute approximate surface area is 125 Å². The van der Waals surface area contributed by atoms with Crippen LogP contribution in [0.2, 0.25) is 0 Å². The highest BCUT2D eigenvalue weighted by atomic mass is 16.4. The standard InChI is InChI=1S/C17H23NO3/c1-17(2,13-9-5-3-6-10-13)16(21)18-12-8-4-7-11-14(18)15(19)20/h3,5-6,9-10,14H,4,7-8,11-12H2,1-2H3,(H,19,20). The second-order valence-electron chi connectivity index (χ2n) is 6.19. The lowest BCUT2D eigenvalue weighted by molar-refractivity contribution is -0.152. The number of nitrogens with zero attached hydrogens (tertiary/aromatic N) is 1. The van der Waals surface area contributed by atoms with Crippen LogP contribution in [0.25, 0.3) is 0 Å². The van der Waals surface area contributed by atoms with Crippen LogP contribution in [0, 0.1) is 0 Å². The van der Waals surface area contributed by atoms with E-state index in [9.17, 15) is 14.7 Å². The van der Waals surface area contributed by atoms with Crippen LogP contribution < -0.4 is 0 Å². The molecule has 1 aliphatic heterocycles. The first-order valence-corrected chi connectivity index (χ1v) is 7.54. The molecule has 1 aromatic carbocycles. The highest BCUT2D eigenvalue weighted by Crippen LogP contribution is 2.29. The van der Waals surface area contributed by atoms with Gasteiger partial charge in [0.25, 0.3) is 0 Å². The van der Waals surface area contributed by atoms with Crippen LogP contribution in [-0.2, 0) is 15.0 Å². The van der Waals surface area contributed by atoms with Crippen molar-refractivity contribution in [3.63, 3.8) is 0 Å². The third-order valence-corrected chi connectivity index (χ3v) is 4.33. The summed E-state index contributed by atoms with van der Waals surface area (Å²) in [5.41, 5.74) is 0.211. The van der Waals surface area contributed by atoms with E-state index in [-0.39, 0.29) is 5.91 Å². The lowest BCUT2D eigenvalue weighted by Crippen LogP contribution is -2.51. The molecule has 1 fully saturated rings. The Hall–Kier alpha value is -1.84. The van der Waals surface area contributed by atoms with Gasteiger partial charge in [-0.25, -0.2) is 4.79 Å². The molecule has 1 N–H and O–H groups in total. The van der Waals surface area contributed by atoms with Gasteiger partial charge in [-0.15, -0.1) is 0 Å². The third-order valence-electron chi connectivity index (χ3n) is 4.33. The van der Waals surface area contributed by atoms with Crippen molar-refractivity contribution in [3.05, 3.63) is 35.9 Å². The molecule has 1 aromatic rings. The van der Waals surface area contributed by atoms with Crippen molar-refractivity contribution in [1.82, 2.24) is 4.90 Å². The number of carbonyl (C=O) groups excluding carboxylic acids is 1. The van der Waals surface area contributed by atoms with Crippen LogP contribution in [0.15, 0.2) is 30.3 Å². The van der Waals surface area contributed by atoms with E-state index in [0.717, 1.165) is 24.8 Å². The summed E-state index contributed by atoms with van der Waals surface area (Å²) >= 11 is 0. The Balaban J connectivity index is 2.29. The number of carbonyl (C=O) groups is 2. The molecule has 114 valence electrons. The largest absolute Gasteiger partial charge is 0.480 e. The number of carboxylic acids is 1. The van der Waals surface area contributed by atoms with Crippen LogP contribution in [0.1, 0.15) is 45.1 Å². The van der Waals surface area contributed by atoms with Gasteiger partial charge in [0.05, 0.1) is 5.41 Å². The second-order valence-corrected chi connectivity index (χ2v) is 6.19. The first-order chi connectivity index (χ1) is 9.94. The zero-order chi connectivity index (χ0) is 15.5. The molecule has 1 heterocycles. The predicted octanol–water partition coefficient (Wildman–Crippen LogP) is 2.82. The summed E-state index contributed by atoms with van der Waals surface area (Å²) < 4.78 is 0. The Morgan fingerprint density at radius 2 is 1.81 bits per heavy atom. The molecule has 21 heavy (non-hydrogen) atoms. The van der Waals surface area contributed by atoms with E-state index in [1.54, 1.807) is 4.90 Å². The zero-order valence-corrected chi connectivity index (χ0v) is 12.7. The van der Waals surface area contributed by atoms with Gasteiger partial charge in [0, 0.05) is 6.54 Å². The monoisotopic (exact) mass is 289 g/mol. The van der Waals surface area contributed by atoms with Gasteiger partial charge in [-0.05, 0) is 32.3 Å². The summed E-state index contributed by atoms with van der Waals surface area (Å²) in [5.74, 6) is -0.989. The molecule has 0 aromatic heterocycles. The average Bonchev–Trinajstić information content (AvgIpc) is 2.73. The Kier molecular flexibility index (Phi) is 4.66. The van der Waals surface area contributed by atoms with Gasteiger partial charge < -0.3 is 10.0 Å². The van der Waals surface area contributed by atoms with Crippen LogP contribution in [0.4, 0.5) is 0 Å². The minimum absolute atomic E-state index is 0.0944. The number of aliphatic carboxylic acids is 1. The minimum atomic E-state index is -0.894. The van der Waals surface area contributed by atoms with Crippen molar-refractivity contribution in [2.45, 2.75) is 51.0 Å². The molecule has 4 heteroatoms. The molecule has 4 nitrogen and oxygen atoms in total. The van der Waals surface area contributed by atoms with Crippen molar-refractivity contribution in [3.8, 4) is 0 Å². The molecule has 1 amide bonds. The maximum absolute atomic E-state index is 13.0. The van der Waals surface area contributed by atoms with Crippen LogP contribution in [-0.4, -0.2) is 34.5 Å². The van der Waals surface area contributed by atoms with Gasteiger partial charge in [-0.2, -0.15) is 0 Å². The lowest BCUT2D eigenvalue weighted by Gasteiger charge is -2.35. The van der Waals surface area contributed by atoms with Gasteiger partial charge in [-0.1, -0.05) is 43.2 Å². The molecule has 1 saturated heterocycles. The summed E-state index contributed by atoms with van der Waals surface area (Å²) in [7, 11) is 0. The van der Waals surface area contributed by atoms with Crippen molar-refractivity contribution < 1.29 is 14.7 Å². The lowest BCUT2D eigenvalue weighted by atomic mass is 9.82. The number of likely N-dealkylation sites (tertiary alicyclic amines) is 1. The van der Waals surface area contributed by atoms with Gasteiger partial charge in [0.2, 0.25) is 5.91 Å². The fraction of sp³-hybridized carbons (Fsp3) is 0.529. The average molecular weight is 289 g/mol. The summed E-state index contributed by atoms with van der Waals surface area (Å²) in [6, 6.07) is 8.87. The van der Waals surface area contributed by atoms with Crippen LogP contribution in [0.3, 0.4) is 0 Å². The molecule has 0 aliphatic carbocycles. The number of hydrogen-bond donors (Lipinski definition) is 1. The molecule has 1 unspecified atom stereocenters. The van der Waals surface area contributed by atoms with E-state index < -0.39 is 17.4 Å². The van der Waals surface area contributed by atoms with Crippen molar-refractivity contribution >= 4 is 11.9 Å². The molecule has 0 saturated carbocycles. The molecular weight excluding hydrogens is 266 g/mol. The predicted molar refractivity (Wildman–Crippen MR) is 81.1 cm³/mol. The van der Waals surface area contributed by atoms with E-state index in [0.29, 0.717) is 13.0 Å². The number of hydrogen-bond acceptors (Lipinski definition) is 2. The summed E-state index contributed by atoms with van der Waals surface area (Å²) in [4.78, 5) is 26.0. The van der Waals surface area contributed by atoms with Crippen LogP contribution >= 0.6 is 0 Å². The number of benzene rings is 1. The zero-order valence-electron chi connectivity index (χ0n) is 12.7.